The maximum atomic E-state index is 11.5. The summed E-state index contributed by atoms with van der Waals surface area (Å²) >= 11 is 8.01. The molecule has 2 aromatic rings. The lowest BCUT2D eigenvalue weighted by Gasteiger charge is -2.40. The van der Waals surface area contributed by atoms with Gasteiger partial charge in [-0.25, -0.2) is 4.98 Å². The number of allylic oxidation sites excluding steroid dienone is 2. The van der Waals surface area contributed by atoms with E-state index < -0.39 is 5.97 Å². The summed E-state index contributed by atoms with van der Waals surface area (Å²) in [5, 5.41) is 10.00. The van der Waals surface area contributed by atoms with Gasteiger partial charge in [-0.1, -0.05) is 71.2 Å². The van der Waals surface area contributed by atoms with Crippen LogP contribution in [0, 0.1) is 24.7 Å². The zero-order valence-corrected chi connectivity index (χ0v) is 27.9. The van der Waals surface area contributed by atoms with Gasteiger partial charge < -0.3 is 9.41 Å². The minimum absolute atomic E-state index is 0.132. The van der Waals surface area contributed by atoms with Crippen molar-refractivity contribution >= 4 is 40.8 Å². The van der Waals surface area contributed by atoms with Crippen LogP contribution in [0.15, 0.2) is 31.5 Å². The quantitative estimate of drug-likeness (QED) is 0.215. The Kier molecular flexibility index (Phi) is 11.6. The molecule has 1 aromatic heterocycles. The Bertz CT molecular complexity index is 1250. The van der Waals surface area contributed by atoms with Crippen molar-refractivity contribution in [2.75, 3.05) is 10.6 Å². The van der Waals surface area contributed by atoms with Gasteiger partial charge in [-0.05, 0) is 96.7 Å². The molecule has 4 nitrogen and oxygen atoms in total. The molecule has 6 heteroatoms. The molecule has 2 heterocycles. The first-order chi connectivity index (χ1) is 18.6. The Hall–Kier alpha value is -2.24. The lowest BCUT2D eigenvalue weighted by molar-refractivity contribution is -0.136. The summed E-state index contributed by atoms with van der Waals surface area (Å²) in [4.78, 5) is 16.0. The van der Waals surface area contributed by atoms with Crippen molar-refractivity contribution in [3.8, 4) is 11.1 Å². The average molecular weight is 585 g/mol. The molecule has 1 N–H and O–H groups in total. The first-order valence-corrected chi connectivity index (χ1v) is 15.7. The van der Waals surface area contributed by atoms with Gasteiger partial charge in [0.15, 0.2) is 0 Å². The molecule has 0 fully saturated rings. The van der Waals surface area contributed by atoms with Crippen LogP contribution in [0.1, 0.15) is 108 Å². The van der Waals surface area contributed by atoms with Gasteiger partial charge in [-0.3, -0.25) is 4.79 Å². The highest BCUT2D eigenvalue weighted by Gasteiger charge is 2.35. The number of carboxylic acid groups (broad SMARTS) is 1. The number of halogens is 1. The molecule has 1 aromatic carbocycles. The van der Waals surface area contributed by atoms with Gasteiger partial charge in [0.2, 0.25) is 0 Å². The Morgan fingerprint density at radius 3 is 2.30 bits per heavy atom. The predicted molar refractivity (Wildman–Crippen MR) is 177 cm³/mol. The summed E-state index contributed by atoms with van der Waals surface area (Å²) in [7, 11) is 0. The monoisotopic (exact) mass is 584 g/mol. The summed E-state index contributed by atoms with van der Waals surface area (Å²) in [6, 6.07) is 2.12. The Balaban J connectivity index is 0.000000722. The van der Waals surface area contributed by atoms with Gasteiger partial charge in [0.25, 0.3) is 0 Å². The predicted octanol–water partition coefficient (Wildman–Crippen LogP) is 10.6. The van der Waals surface area contributed by atoms with Crippen LogP contribution in [-0.2, 0) is 11.2 Å². The molecule has 1 atom stereocenters. The van der Waals surface area contributed by atoms with Crippen LogP contribution in [0.25, 0.3) is 16.7 Å². The van der Waals surface area contributed by atoms with Gasteiger partial charge in [0.1, 0.15) is 5.15 Å². The summed E-state index contributed by atoms with van der Waals surface area (Å²) in [6.07, 6.45) is 10.3. The minimum atomic E-state index is -0.756. The van der Waals surface area contributed by atoms with E-state index in [1.165, 1.54) is 44.6 Å². The van der Waals surface area contributed by atoms with E-state index in [4.69, 9.17) is 11.6 Å². The summed E-state index contributed by atoms with van der Waals surface area (Å²) in [6.45, 7) is 25.9. The number of fused-ring (bicyclic) bond motifs is 3. The van der Waals surface area contributed by atoms with E-state index in [1.54, 1.807) is 11.9 Å². The fourth-order valence-electron chi connectivity index (χ4n) is 5.50. The van der Waals surface area contributed by atoms with Gasteiger partial charge in [0, 0.05) is 30.0 Å². The number of carboxylic acids is 1. The Morgan fingerprint density at radius 2 is 1.80 bits per heavy atom. The highest BCUT2D eigenvalue weighted by atomic mass is 35.5. The van der Waals surface area contributed by atoms with Crippen molar-refractivity contribution in [2.45, 2.75) is 100 Å². The molecule has 4 rings (SSSR count). The SMILES string of the molecule is C=C.CC(C)(C)C.CSN1c2c(C)c(CCC(=O)O)c(C3=CCC(C)(C)CC3)c(C)c2-c2cnc(Cl)cc2C1C. The molecule has 0 spiro atoms. The highest BCUT2D eigenvalue weighted by molar-refractivity contribution is 8.00. The van der Waals surface area contributed by atoms with Crippen LogP contribution in [0.4, 0.5) is 5.69 Å². The van der Waals surface area contributed by atoms with Crippen LogP contribution in [-0.4, -0.2) is 22.3 Å². The fourth-order valence-corrected chi connectivity index (χ4v) is 6.51. The number of rotatable bonds is 5. The van der Waals surface area contributed by atoms with E-state index in [0.717, 1.165) is 24.8 Å². The van der Waals surface area contributed by atoms with Crippen LogP contribution in [0.5, 0.6) is 0 Å². The van der Waals surface area contributed by atoms with Crippen molar-refractivity contribution in [3.05, 3.63) is 64.5 Å². The lowest BCUT2D eigenvalue weighted by Crippen LogP contribution is -2.26. The molecule has 0 amide bonds. The largest absolute Gasteiger partial charge is 0.481 e. The molecule has 40 heavy (non-hydrogen) atoms. The average Bonchev–Trinajstić information content (AvgIpc) is 2.86. The number of aromatic nitrogens is 1. The van der Waals surface area contributed by atoms with Crippen LogP contribution >= 0.6 is 23.5 Å². The molecular formula is C34H49ClN2O2S. The van der Waals surface area contributed by atoms with E-state index in [2.05, 4.69) is 97.1 Å². The molecule has 1 aliphatic carbocycles. The molecule has 1 unspecified atom stereocenters. The molecular weight excluding hydrogens is 536 g/mol. The van der Waals surface area contributed by atoms with E-state index in [1.807, 2.05) is 12.3 Å². The second-order valence-corrected chi connectivity index (χ2v) is 14.2. The molecule has 2 aliphatic rings. The smallest absolute Gasteiger partial charge is 0.303 e. The van der Waals surface area contributed by atoms with Gasteiger partial charge >= 0.3 is 5.97 Å². The van der Waals surface area contributed by atoms with E-state index in [0.29, 0.717) is 22.4 Å². The van der Waals surface area contributed by atoms with Crippen LogP contribution in [0.3, 0.4) is 0 Å². The summed E-state index contributed by atoms with van der Waals surface area (Å²) < 4.78 is 2.35. The first-order valence-electron chi connectivity index (χ1n) is 14.1. The molecule has 1 aliphatic heterocycles. The molecule has 0 bridgehead atoms. The number of anilines is 1. The van der Waals surface area contributed by atoms with Crippen molar-refractivity contribution < 1.29 is 9.90 Å². The number of hydrogen-bond donors (Lipinski definition) is 1. The fraction of sp³-hybridized carbons (Fsp3) is 0.529. The zero-order valence-electron chi connectivity index (χ0n) is 26.3. The Morgan fingerprint density at radius 1 is 1.20 bits per heavy atom. The number of carbonyl (C=O) groups is 1. The lowest BCUT2D eigenvalue weighted by atomic mass is 9.73. The number of aliphatic carboxylic acids is 1. The van der Waals surface area contributed by atoms with Crippen LogP contribution in [0.2, 0.25) is 5.15 Å². The molecule has 0 saturated carbocycles. The third-order valence-corrected chi connectivity index (χ3v) is 8.47. The van der Waals surface area contributed by atoms with Gasteiger partial charge in [-0.15, -0.1) is 13.2 Å². The van der Waals surface area contributed by atoms with Crippen LogP contribution < -0.4 is 4.31 Å². The third-order valence-electron chi connectivity index (χ3n) is 7.37. The van der Waals surface area contributed by atoms with Crippen molar-refractivity contribution in [1.82, 2.24) is 4.98 Å². The second-order valence-electron chi connectivity index (χ2n) is 13.1. The Labute approximate surface area is 252 Å². The number of pyridine rings is 1. The maximum Gasteiger partial charge on any atom is 0.303 e. The van der Waals surface area contributed by atoms with Crippen molar-refractivity contribution in [2.24, 2.45) is 10.8 Å². The normalized spacial score (nSPS) is 17.3. The second kappa shape index (κ2) is 13.6. The van der Waals surface area contributed by atoms with E-state index in [9.17, 15) is 9.90 Å². The van der Waals surface area contributed by atoms with Crippen molar-refractivity contribution in [3.63, 3.8) is 0 Å². The standard InChI is InChI=1S/C27H33ClN2O2S.C5H12.C2H4/c1-15-19(7-8-23(31)32)24(18-9-11-27(4,5)12-10-18)16(2)25-21-14-29-22(28)13-20(21)17(3)30(33-6)26(15)25;1-5(2,3)4;1-2/h9,13-14,17H,7-8,10-12H2,1-6H3,(H,31,32);1-4H3;1-2H2. The summed E-state index contributed by atoms with van der Waals surface area (Å²) in [5.74, 6) is -0.756. The summed E-state index contributed by atoms with van der Waals surface area (Å²) in [5.41, 5.74) is 11.7. The molecule has 220 valence electrons. The molecule has 0 saturated heterocycles. The third kappa shape index (κ3) is 7.94. The van der Waals surface area contributed by atoms with E-state index >= 15 is 0 Å². The zero-order chi connectivity index (χ0) is 30.6. The van der Waals surface area contributed by atoms with E-state index in [-0.39, 0.29) is 12.5 Å². The van der Waals surface area contributed by atoms with Gasteiger partial charge in [0.05, 0.1) is 11.7 Å². The number of hydrogen-bond acceptors (Lipinski definition) is 4. The maximum absolute atomic E-state index is 11.5. The highest BCUT2D eigenvalue weighted by Crippen LogP contribution is 2.54. The van der Waals surface area contributed by atoms with Crippen molar-refractivity contribution in [1.29, 1.82) is 0 Å². The minimum Gasteiger partial charge on any atom is -0.481 e. The number of benzene rings is 1. The van der Waals surface area contributed by atoms with Gasteiger partial charge in [-0.2, -0.15) is 0 Å². The topological polar surface area (TPSA) is 53.4 Å². The first kappa shape index (κ1) is 34.0. The number of nitrogens with zero attached hydrogens (tertiary/aromatic N) is 2. The molecule has 0 radical (unpaired) electrons.